The number of phenolic OH excluding ortho intramolecular Hbond substituents is 1. The number of hydrogen-bond donors (Lipinski definition) is 1. The van der Waals surface area contributed by atoms with Crippen molar-refractivity contribution in [2.24, 2.45) is 4.99 Å². The van der Waals surface area contributed by atoms with Crippen LogP contribution in [0.5, 0.6) is 5.75 Å². The van der Waals surface area contributed by atoms with Crippen LogP contribution in [0, 0.1) is 0 Å². The molecule has 3 heteroatoms. The summed E-state index contributed by atoms with van der Waals surface area (Å²) in [6.45, 7) is 1.74. The summed E-state index contributed by atoms with van der Waals surface area (Å²) in [5.41, 5.74) is 0.560. The number of para-hydroxylation sites is 1. The predicted molar refractivity (Wildman–Crippen MR) is 51.0 cm³/mol. The van der Waals surface area contributed by atoms with E-state index in [1.807, 2.05) is 0 Å². The second kappa shape index (κ2) is 4.40. The molecule has 0 aliphatic carbocycles. The first kappa shape index (κ1) is 9.45. The van der Waals surface area contributed by atoms with Crippen LogP contribution in [-0.2, 0) is 4.79 Å². The fourth-order valence-corrected chi connectivity index (χ4v) is 0.830. The van der Waals surface area contributed by atoms with Crippen molar-refractivity contribution in [3.63, 3.8) is 0 Å². The molecule has 0 aliphatic heterocycles. The van der Waals surface area contributed by atoms with Crippen molar-refractivity contribution in [3.05, 3.63) is 29.8 Å². The lowest BCUT2D eigenvalue weighted by Gasteiger charge is -1.95. The quantitative estimate of drug-likeness (QED) is 0.699. The van der Waals surface area contributed by atoms with Crippen LogP contribution in [0.3, 0.4) is 0 Å². The number of nitrogens with zero attached hydrogens (tertiary/aromatic N) is 1. The maximum absolute atomic E-state index is 10.8. The summed E-state index contributed by atoms with van der Waals surface area (Å²) in [7, 11) is 0. The van der Waals surface area contributed by atoms with Crippen molar-refractivity contribution < 1.29 is 9.90 Å². The minimum atomic E-state index is -0.191. The average Bonchev–Trinajstić information content (AvgIpc) is 2.16. The summed E-state index contributed by atoms with van der Waals surface area (Å²) in [5.74, 6) is -0.0570. The number of aromatic hydroxyl groups is 1. The predicted octanol–water partition coefficient (Wildman–Crippen LogP) is 1.75. The van der Waals surface area contributed by atoms with Gasteiger partial charge in [0.1, 0.15) is 5.75 Å². The van der Waals surface area contributed by atoms with E-state index < -0.39 is 0 Å². The van der Waals surface area contributed by atoms with Crippen LogP contribution in [0.25, 0.3) is 0 Å². The number of amides is 1. The van der Waals surface area contributed by atoms with E-state index >= 15 is 0 Å². The summed E-state index contributed by atoms with van der Waals surface area (Å²) >= 11 is 0. The molecular weight excluding hydrogens is 166 g/mol. The van der Waals surface area contributed by atoms with Crippen molar-refractivity contribution in [1.29, 1.82) is 0 Å². The Labute approximate surface area is 76.7 Å². The molecule has 0 radical (unpaired) electrons. The summed E-state index contributed by atoms with van der Waals surface area (Å²) in [4.78, 5) is 14.5. The van der Waals surface area contributed by atoms with E-state index in [-0.39, 0.29) is 11.7 Å². The first-order valence-electron chi connectivity index (χ1n) is 4.09. The Morgan fingerprint density at radius 2 is 2.23 bits per heavy atom. The number of benzene rings is 1. The van der Waals surface area contributed by atoms with Gasteiger partial charge in [0.25, 0.3) is 0 Å². The first-order chi connectivity index (χ1) is 6.24. The van der Waals surface area contributed by atoms with Crippen molar-refractivity contribution in [1.82, 2.24) is 0 Å². The molecule has 0 aliphatic rings. The number of aliphatic imine (C=N–C) groups is 1. The van der Waals surface area contributed by atoms with Gasteiger partial charge in [-0.05, 0) is 12.1 Å². The standard InChI is InChI=1S/C10H11NO2/c1-2-10(13)11-7-8-5-3-4-6-9(8)12/h3-7,12H,2H2,1H3. The molecule has 0 spiro atoms. The van der Waals surface area contributed by atoms with Crippen LogP contribution in [0.1, 0.15) is 18.9 Å². The van der Waals surface area contributed by atoms with Gasteiger partial charge in [-0.25, -0.2) is 4.99 Å². The molecule has 1 rings (SSSR count). The number of hydrogen-bond acceptors (Lipinski definition) is 2. The molecule has 0 bridgehead atoms. The zero-order valence-corrected chi connectivity index (χ0v) is 7.40. The largest absolute Gasteiger partial charge is 0.507 e. The van der Waals surface area contributed by atoms with Crippen molar-refractivity contribution in [2.45, 2.75) is 13.3 Å². The molecule has 1 N–H and O–H groups in total. The molecular formula is C10H11NO2. The van der Waals surface area contributed by atoms with Gasteiger partial charge in [0.15, 0.2) is 0 Å². The van der Waals surface area contributed by atoms with Crippen LogP contribution in [0.15, 0.2) is 29.3 Å². The zero-order valence-electron chi connectivity index (χ0n) is 7.40. The lowest BCUT2D eigenvalue weighted by molar-refractivity contribution is -0.117. The third-order valence-electron chi connectivity index (χ3n) is 1.59. The summed E-state index contributed by atoms with van der Waals surface area (Å²) in [6, 6.07) is 6.74. The molecule has 0 unspecified atom stereocenters. The fraction of sp³-hybridized carbons (Fsp3) is 0.200. The Morgan fingerprint density at radius 1 is 1.54 bits per heavy atom. The highest BCUT2D eigenvalue weighted by atomic mass is 16.3. The van der Waals surface area contributed by atoms with E-state index in [9.17, 15) is 9.90 Å². The molecule has 1 amide bonds. The second-order valence-electron chi connectivity index (χ2n) is 2.56. The molecule has 1 aromatic rings. The van der Waals surface area contributed by atoms with E-state index in [0.29, 0.717) is 12.0 Å². The van der Waals surface area contributed by atoms with E-state index in [4.69, 9.17) is 0 Å². The monoisotopic (exact) mass is 177 g/mol. The molecule has 0 saturated heterocycles. The third kappa shape index (κ3) is 2.71. The molecule has 0 fully saturated rings. The van der Waals surface area contributed by atoms with Crippen molar-refractivity contribution in [2.75, 3.05) is 0 Å². The normalized spacial score (nSPS) is 10.5. The second-order valence-corrected chi connectivity index (χ2v) is 2.56. The molecule has 3 nitrogen and oxygen atoms in total. The van der Waals surface area contributed by atoms with E-state index in [1.165, 1.54) is 6.21 Å². The van der Waals surface area contributed by atoms with Crippen LogP contribution >= 0.6 is 0 Å². The smallest absolute Gasteiger partial charge is 0.245 e. The third-order valence-corrected chi connectivity index (χ3v) is 1.59. The average molecular weight is 177 g/mol. The maximum atomic E-state index is 10.8. The van der Waals surface area contributed by atoms with Gasteiger partial charge in [-0.3, -0.25) is 4.79 Å². The van der Waals surface area contributed by atoms with Crippen LogP contribution < -0.4 is 0 Å². The van der Waals surface area contributed by atoms with E-state index in [0.717, 1.165) is 0 Å². The number of phenols is 1. The van der Waals surface area contributed by atoms with Gasteiger partial charge in [0, 0.05) is 18.2 Å². The van der Waals surface area contributed by atoms with Gasteiger partial charge in [-0.2, -0.15) is 0 Å². The fourth-order valence-electron chi connectivity index (χ4n) is 0.830. The van der Waals surface area contributed by atoms with Gasteiger partial charge < -0.3 is 5.11 Å². The Balaban J connectivity index is 2.80. The Morgan fingerprint density at radius 3 is 2.85 bits per heavy atom. The lowest BCUT2D eigenvalue weighted by Crippen LogP contribution is -1.91. The molecule has 0 aromatic heterocycles. The Bertz CT molecular complexity index is 331. The van der Waals surface area contributed by atoms with Gasteiger partial charge in [-0.15, -0.1) is 0 Å². The molecule has 68 valence electrons. The lowest BCUT2D eigenvalue weighted by atomic mass is 10.2. The minimum Gasteiger partial charge on any atom is -0.507 e. The van der Waals surface area contributed by atoms with Crippen molar-refractivity contribution >= 4 is 12.1 Å². The van der Waals surface area contributed by atoms with Gasteiger partial charge in [0.2, 0.25) is 5.91 Å². The van der Waals surface area contributed by atoms with E-state index in [1.54, 1.807) is 31.2 Å². The molecule has 1 aromatic carbocycles. The van der Waals surface area contributed by atoms with Gasteiger partial charge in [0.05, 0.1) is 0 Å². The van der Waals surface area contributed by atoms with Gasteiger partial charge in [-0.1, -0.05) is 19.1 Å². The highest BCUT2D eigenvalue weighted by Crippen LogP contribution is 2.12. The first-order valence-corrected chi connectivity index (χ1v) is 4.09. The molecule has 0 heterocycles. The van der Waals surface area contributed by atoms with Crippen LogP contribution in [-0.4, -0.2) is 17.2 Å². The minimum absolute atomic E-state index is 0.134. The van der Waals surface area contributed by atoms with Crippen molar-refractivity contribution in [3.8, 4) is 5.75 Å². The van der Waals surface area contributed by atoms with Gasteiger partial charge >= 0.3 is 0 Å². The number of rotatable bonds is 2. The summed E-state index contributed by atoms with van der Waals surface area (Å²) < 4.78 is 0. The SMILES string of the molecule is CCC(=O)N=Cc1ccccc1O. The summed E-state index contributed by atoms with van der Waals surface area (Å²) in [6.07, 6.45) is 1.76. The summed E-state index contributed by atoms with van der Waals surface area (Å²) in [5, 5.41) is 9.29. The Kier molecular flexibility index (Phi) is 3.20. The number of carbonyl (C=O) groups excluding carboxylic acids is 1. The van der Waals surface area contributed by atoms with Crippen LogP contribution in [0.2, 0.25) is 0 Å². The highest BCUT2D eigenvalue weighted by molar-refractivity contribution is 5.93. The van der Waals surface area contributed by atoms with E-state index in [2.05, 4.69) is 4.99 Å². The molecule has 13 heavy (non-hydrogen) atoms. The molecule has 0 atom stereocenters. The van der Waals surface area contributed by atoms with Crippen LogP contribution in [0.4, 0.5) is 0 Å². The molecule has 0 saturated carbocycles. The number of carbonyl (C=O) groups is 1. The topological polar surface area (TPSA) is 49.7 Å². The maximum Gasteiger partial charge on any atom is 0.245 e. The Hall–Kier alpha value is -1.64. The highest BCUT2D eigenvalue weighted by Gasteiger charge is 1.96. The zero-order chi connectivity index (χ0) is 9.68.